The fourth-order valence-corrected chi connectivity index (χ4v) is 2.94. The van der Waals surface area contributed by atoms with Gasteiger partial charge in [-0.25, -0.2) is 4.98 Å². The molecule has 20 heavy (non-hydrogen) atoms. The third kappa shape index (κ3) is 2.69. The molecule has 0 bridgehead atoms. The number of carboxylic acid groups (broad SMARTS) is 1. The molecule has 1 aromatic rings. The van der Waals surface area contributed by atoms with Gasteiger partial charge in [-0.15, -0.1) is 0 Å². The second kappa shape index (κ2) is 5.64. The molecule has 0 aliphatic carbocycles. The first-order chi connectivity index (χ1) is 9.74. The van der Waals surface area contributed by atoms with E-state index in [-0.39, 0.29) is 5.92 Å². The SMILES string of the molecule is O=C(O)C1CCN(c2ccnc(N3CCCC3)n2)CC1. The summed E-state index contributed by atoms with van der Waals surface area (Å²) >= 11 is 0. The Morgan fingerprint density at radius 3 is 2.50 bits per heavy atom. The fraction of sp³-hybridized carbons (Fsp3) is 0.643. The maximum Gasteiger partial charge on any atom is 0.306 e. The van der Waals surface area contributed by atoms with E-state index in [1.165, 1.54) is 12.8 Å². The number of carboxylic acids is 1. The average molecular weight is 276 g/mol. The molecule has 2 aliphatic heterocycles. The summed E-state index contributed by atoms with van der Waals surface area (Å²) in [5.41, 5.74) is 0. The highest BCUT2D eigenvalue weighted by molar-refractivity contribution is 5.70. The monoisotopic (exact) mass is 276 g/mol. The van der Waals surface area contributed by atoms with E-state index in [0.29, 0.717) is 12.8 Å². The second-order valence-corrected chi connectivity index (χ2v) is 5.51. The minimum atomic E-state index is -0.676. The van der Waals surface area contributed by atoms with Gasteiger partial charge in [-0.3, -0.25) is 4.79 Å². The maximum atomic E-state index is 11.0. The molecule has 0 spiro atoms. The second-order valence-electron chi connectivity index (χ2n) is 5.51. The zero-order chi connectivity index (χ0) is 13.9. The molecular formula is C14H20N4O2. The van der Waals surface area contributed by atoms with Crippen LogP contribution in [0.25, 0.3) is 0 Å². The topological polar surface area (TPSA) is 69.6 Å². The molecule has 1 N–H and O–H groups in total. The van der Waals surface area contributed by atoms with E-state index in [2.05, 4.69) is 19.8 Å². The number of carbonyl (C=O) groups is 1. The van der Waals surface area contributed by atoms with Crippen molar-refractivity contribution in [2.24, 2.45) is 5.92 Å². The highest BCUT2D eigenvalue weighted by Gasteiger charge is 2.25. The molecule has 0 amide bonds. The summed E-state index contributed by atoms with van der Waals surface area (Å²) in [7, 11) is 0. The third-order valence-corrected chi connectivity index (χ3v) is 4.19. The maximum absolute atomic E-state index is 11.0. The van der Waals surface area contributed by atoms with Gasteiger partial charge in [0.1, 0.15) is 5.82 Å². The van der Waals surface area contributed by atoms with Crippen LogP contribution >= 0.6 is 0 Å². The predicted octanol–water partition coefficient (Wildman–Crippen LogP) is 1.38. The molecule has 0 saturated carbocycles. The largest absolute Gasteiger partial charge is 0.481 e. The van der Waals surface area contributed by atoms with Crippen molar-refractivity contribution in [3.63, 3.8) is 0 Å². The first-order valence-electron chi connectivity index (χ1n) is 7.30. The average Bonchev–Trinajstić information content (AvgIpc) is 3.02. The Balaban J connectivity index is 1.68. The van der Waals surface area contributed by atoms with Gasteiger partial charge < -0.3 is 14.9 Å². The zero-order valence-corrected chi connectivity index (χ0v) is 11.5. The number of nitrogens with zero attached hydrogens (tertiary/aromatic N) is 4. The van der Waals surface area contributed by atoms with Crippen molar-refractivity contribution in [3.8, 4) is 0 Å². The van der Waals surface area contributed by atoms with Crippen molar-refractivity contribution in [3.05, 3.63) is 12.3 Å². The summed E-state index contributed by atoms with van der Waals surface area (Å²) < 4.78 is 0. The number of hydrogen-bond acceptors (Lipinski definition) is 5. The van der Waals surface area contributed by atoms with E-state index in [1.54, 1.807) is 6.20 Å². The van der Waals surface area contributed by atoms with Crippen molar-refractivity contribution in [2.75, 3.05) is 36.0 Å². The van der Waals surface area contributed by atoms with Crippen LogP contribution in [0.2, 0.25) is 0 Å². The van der Waals surface area contributed by atoms with E-state index >= 15 is 0 Å². The van der Waals surface area contributed by atoms with Gasteiger partial charge in [-0.1, -0.05) is 0 Å². The van der Waals surface area contributed by atoms with Crippen molar-refractivity contribution in [1.29, 1.82) is 0 Å². The molecule has 6 heteroatoms. The van der Waals surface area contributed by atoms with E-state index in [9.17, 15) is 4.79 Å². The van der Waals surface area contributed by atoms with Gasteiger partial charge in [0.2, 0.25) is 5.95 Å². The van der Waals surface area contributed by atoms with Crippen LogP contribution in [0.15, 0.2) is 12.3 Å². The van der Waals surface area contributed by atoms with Crippen molar-refractivity contribution < 1.29 is 9.90 Å². The lowest BCUT2D eigenvalue weighted by molar-refractivity contribution is -0.142. The Labute approximate surface area is 118 Å². The van der Waals surface area contributed by atoms with Crippen LogP contribution in [0, 0.1) is 5.92 Å². The molecule has 108 valence electrons. The van der Waals surface area contributed by atoms with E-state index in [0.717, 1.165) is 37.9 Å². The smallest absolute Gasteiger partial charge is 0.306 e. The van der Waals surface area contributed by atoms with Gasteiger partial charge in [0.05, 0.1) is 5.92 Å². The van der Waals surface area contributed by atoms with Crippen LogP contribution in [0.1, 0.15) is 25.7 Å². The quantitative estimate of drug-likeness (QED) is 0.899. The van der Waals surface area contributed by atoms with E-state index in [1.807, 2.05) is 6.07 Å². The standard InChI is InChI=1S/C14H20N4O2/c19-13(20)11-4-9-17(10-5-11)12-3-6-15-14(16-12)18-7-1-2-8-18/h3,6,11H,1-2,4-5,7-10H2,(H,19,20). The Bertz CT molecular complexity index is 480. The Kier molecular flexibility index (Phi) is 3.71. The van der Waals surface area contributed by atoms with Crippen molar-refractivity contribution in [1.82, 2.24) is 9.97 Å². The van der Waals surface area contributed by atoms with E-state index in [4.69, 9.17) is 5.11 Å². The first kappa shape index (κ1) is 13.1. The van der Waals surface area contributed by atoms with Gasteiger partial charge >= 0.3 is 5.97 Å². The molecular weight excluding hydrogens is 256 g/mol. The lowest BCUT2D eigenvalue weighted by Gasteiger charge is -2.31. The zero-order valence-electron chi connectivity index (χ0n) is 11.5. The summed E-state index contributed by atoms with van der Waals surface area (Å²) in [5.74, 6) is 0.849. The Morgan fingerprint density at radius 2 is 1.85 bits per heavy atom. The molecule has 0 aromatic carbocycles. The van der Waals surface area contributed by atoms with Crippen LogP contribution < -0.4 is 9.80 Å². The molecule has 2 saturated heterocycles. The van der Waals surface area contributed by atoms with E-state index < -0.39 is 5.97 Å². The third-order valence-electron chi connectivity index (χ3n) is 4.19. The van der Waals surface area contributed by atoms with Crippen molar-refractivity contribution >= 4 is 17.7 Å². The summed E-state index contributed by atoms with van der Waals surface area (Å²) in [6, 6.07) is 1.92. The number of anilines is 2. The molecule has 0 unspecified atom stereocenters. The normalized spacial score (nSPS) is 20.4. The summed E-state index contributed by atoms with van der Waals surface area (Å²) in [5, 5.41) is 9.03. The minimum Gasteiger partial charge on any atom is -0.481 e. The number of aliphatic carboxylic acids is 1. The molecule has 3 heterocycles. The van der Waals surface area contributed by atoms with Gasteiger partial charge in [-0.05, 0) is 31.7 Å². The molecule has 2 fully saturated rings. The molecule has 6 nitrogen and oxygen atoms in total. The van der Waals surface area contributed by atoms with Crippen molar-refractivity contribution in [2.45, 2.75) is 25.7 Å². The number of hydrogen-bond donors (Lipinski definition) is 1. The van der Waals surface area contributed by atoms with Crippen LogP contribution in [0.4, 0.5) is 11.8 Å². The number of aromatic nitrogens is 2. The summed E-state index contributed by atoms with van der Waals surface area (Å²) in [6.45, 7) is 3.58. The first-order valence-corrected chi connectivity index (χ1v) is 7.30. The highest BCUT2D eigenvalue weighted by atomic mass is 16.4. The highest BCUT2D eigenvalue weighted by Crippen LogP contribution is 2.24. The molecule has 2 aliphatic rings. The molecule has 3 rings (SSSR count). The number of piperidine rings is 1. The lowest BCUT2D eigenvalue weighted by Crippen LogP contribution is -2.37. The molecule has 0 radical (unpaired) electrons. The molecule has 1 aromatic heterocycles. The fourth-order valence-electron chi connectivity index (χ4n) is 2.94. The summed E-state index contributed by atoms with van der Waals surface area (Å²) in [6.07, 6.45) is 5.60. The minimum absolute atomic E-state index is 0.203. The van der Waals surface area contributed by atoms with Crippen LogP contribution in [0.3, 0.4) is 0 Å². The van der Waals surface area contributed by atoms with Crippen LogP contribution in [0.5, 0.6) is 0 Å². The van der Waals surface area contributed by atoms with Crippen LogP contribution in [-0.4, -0.2) is 47.2 Å². The Hall–Kier alpha value is -1.85. The van der Waals surface area contributed by atoms with Gasteiger partial charge in [0.15, 0.2) is 0 Å². The van der Waals surface area contributed by atoms with Gasteiger partial charge in [0, 0.05) is 32.4 Å². The van der Waals surface area contributed by atoms with Gasteiger partial charge in [-0.2, -0.15) is 4.98 Å². The predicted molar refractivity (Wildman–Crippen MR) is 76.1 cm³/mol. The van der Waals surface area contributed by atoms with Crippen LogP contribution in [-0.2, 0) is 4.79 Å². The molecule has 0 atom stereocenters. The lowest BCUT2D eigenvalue weighted by atomic mass is 9.97. The Morgan fingerprint density at radius 1 is 1.15 bits per heavy atom. The summed E-state index contributed by atoms with van der Waals surface area (Å²) in [4.78, 5) is 24.4. The number of rotatable bonds is 3. The van der Waals surface area contributed by atoms with Gasteiger partial charge in [0.25, 0.3) is 0 Å².